The van der Waals surface area contributed by atoms with Gasteiger partial charge in [0, 0.05) is 0 Å². The summed E-state index contributed by atoms with van der Waals surface area (Å²) in [4.78, 5) is 21.2. The standard InChI is InChI=1S/C6H8O3/c1-2-4-5(7)3-9-6(4)8/h4H,2-3H2,1H3/t4-/m1/s1. The molecule has 3 heteroatoms. The summed E-state index contributed by atoms with van der Waals surface area (Å²) in [6.07, 6.45) is 0.567. The zero-order valence-corrected chi connectivity index (χ0v) is 5.22. The van der Waals surface area contributed by atoms with Crippen molar-refractivity contribution in [3.63, 3.8) is 0 Å². The van der Waals surface area contributed by atoms with E-state index >= 15 is 0 Å². The van der Waals surface area contributed by atoms with Crippen molar-refractivity contribution in [1.82, 2.24) is 0 Å². The third kappa shape index (κ3) is 0.943. The third-order valence-electron chi connectivity index (χ3n) is 1.44. The maximum absolute atomic E-state index is 10.7. The Morgan fingerprint density at radius 3 is 2.56 bits per heavy atom. The zero-order valence-electron chi connectivity index (χ0n) is 5.22. The topological polar surface area (TPSA) is 43.4 Å². The lowest BCUT2D eigenvalue weighted by Gasteiger charge is -1.94. The van der Waals surface area contributed by atoms with Gasteiger partial charge in [0.15, 0.2) is 12.4 Å². The normalized spacial score (nSPS) is 26.6. The van der Waals surface area contributed by atoms with Crippen LogP contribution in [0.3, 0.4) is 0 Å². The predicted molar refractivity (Wildman–Crippen MR) is 29.7 cm³/mol. The minimum atomic E-state index is -0.468. The van der Waals surface area contributed by atoms with Gasteiger partial charge >= 0.3 is 5.97 Å². The number of ketones is 1. The first kappa shape index (κ1) is 6.26. The van der Waals surface area contributed by atoms with E-state index in [9.17, 15) is 9.59 Å². The van der Waals surface area contributed by atoms with E-state index in [1.54, 1.807) is 6.92 Å². The Balaban J connectivity index is 2.66. The highest BCUT2D eigenvalue weighted by atomic mass is 16.5. The number of rotatable bonds is 1. The zero-order chi connectivity index (χ0) is 6.85. The Labute approximate surface area is 53.0 Å². The maximum Gasteiger partial charge on any atom is 0.317 e. The smallest absolute Gasteiger partial charge is 0.317 e. The fraction of sp³-hybridized carbons (Fsp3) is 0.667. The van der Waals surface area contributed by atoms with E-state index in [1.165, 1.54) is 0 Å². The minimum Gasteiger partial charge on any atom is -0.457 e. The van der Waals surface area contributed by atoms with Crippen molar-refractivity contribution < 1.29 is 14.3 Å². The fourth-order valence-corrected chi connectivity index (χ4v) is 0.869. The van der Waals surface area contributed by atoms with Gasteiger partial charge in [-0.25, -0.2) is 0 Å². The van der Waals surface area contributed by atoms with Crippen LogP contribution in [-0.2, 0) is 14.3 Å². The van der Waals surface area contributed by atoms with Crippen molar-refractivity contribution in [2.75, 3.05) is 6.61 Å². The molecule has 0 amide bonds. The molecule has 1 saturated heterocycles. The molecule has 0 spiro atoms. The number of carbonyl (C=O) groups is 2. The van der Waals surface area contributed by atoms with Crippen molar-refractivity contribution >= 4 is 11.8 Å². The molecule has 0 aromatic carbocycles. The first-order valence-electron chi connectivity index (χ1n) is 2.95. The minimum absolute atomic E-state index is 0.0165. The molecule has 1 fully saturated rings. The van der Waals surface area contributed by atoms with E-state index < -0.39 is 5.92 Å². The number of carbonyl (C=O) groups excluding carboxylic acids is 2. The van der Waals surface area contributed by atoms with Crippen molar-refractivity contribution in [2.24, 2.45) is 5.92 Å². The van der Waals surface area contributed by atoms with Gasteiger partial charge in [0.1, 0.15) is 5.92 Å². The van der Waals surface area contributed by atoms with Crippen LogP contribution in [0.25, 0.3) is 0 Å². The molecule has 0 bridgehead atoms. The quantitative estimate of drug-likeness (QED) is 0.372. The molecular weight excluding hydrogens is 120 g/mol. The van der Waals surface area contributed by atoms with Gasteiger partial charge in [-0.1, -0.05) is 6.92 Å². The van der Waals surface area contributed by atoms with Crippen molar-refractivity contribution in [3.8, 4) is 0 Å². The van der Waals surface area contributed by atoms with Crippen molar-refractivity contribution in [1.29, 1.82) is 0 Å². The first-order chi connectivity index (χ1) is 4.25. The van der Waals surface area contributed by atoms with Crippen LogP contribution in [0.2, 0.25) is 0 Å². The molecule has 1 aliphatic rings. The molecule has 1 aliphatic heterocycles. The second kappa shape index (κ2) is 2.17. The van der Waals surface area contributed by atoms with Gasteiger partial charge in [-0.15, -0.1) is 0 Å². The first-order valence-corrected chi connectivity index (χ1v) is 2.95. The summed E-state index contributed by atoms with van der Waals surface area (Å²) in [6, 6.07) is 0. The largest absolute Gasteiger partial charge is 0.457 e. The number of hydrogen-bond donors (Lipinski definition) is 0. The van der Waals surface area contributed by atoms with Crippen LogP contribution < -0.4 is 0 Å². The van der Waals surface area contributed by atoms with E-state index in [0.717, 1.165) is 0 Å². The molecule has 0 radical (unpaired) electrons. The second-order valence-electron chi connectivity index (χ2n) is 2.03. The van der Waals surface area contributed by atoms with Crippen molar-refractivity contribution in [3.05, 3.63) is 0 Å². The Morgan fingerprint density at radius 2 is 2.33 bits per heavy atom. The van der Waals surface area contributed by atoms with E-state index in [4.69, 9.17) is 0 Å². The van der Waals surface area contributed by atoms with Gasteiger partial charge in [-0.05, 0) is 6.42 Å². The molecule has 1 rings (SSSR count). The van der Waals surface area contributed by atoms with Crippen LogP contribution in [-0.4, -0.2) is 18.4 Å². The Hall–Kier alpha value is -0.860. The lowest BCUT2D eigenvalue weighted by molar-refractivity contribution is -0.141. The summed E-state index contributed by atoms with van der Waals surface area (Å²) in [5.74, 6) is -0.907. The molecule has 3 nitrogen and oxygen atoms in total. The van der Waals surface area contributed by atoms with E-state index in [0.29, 0.717) is 6.42 Å². The van der Waals surface area contributed by atoms with Gasteiger partial charge in [-0.2, -0.15) is 0 Å². The van der Waals surface area contributed by atoms with Gasteiger partial charge in [0.05, 0.1) is 0 Å². The van der Waals surface area contributed by atoms with Crippen LogP contribution in [0, 0.1) is 5.92 Å². The van der Waals surface area contributed by atoms with E-state index in [-0.39, 0.29) is 18.4 Å². The lowest BCUT2D eigenvalue weighted by Crippen LogP contribution is -2.13. The number of cyclic esters (lactones) is 1. The number of esters is 1. The number of ether oxygens (including phenoxy) is 1. The maximum atomic E-state index is 10.7. The Kier molecular flexibility index (Phi) is 1.51. The summed E-state index contributed by atoms with van der Waals surface area (Å²) in [5.41, 5.74) is 0. The average Bonchev–Trinajstić information content (AvgIpc) is 2.12. The SMILES string of the molecule is CC[C@@H]1C(=O)COC1=O. The number of hydrogen-bond acceptors (Lipinski definition) is 3. The van der Waals surface area contributed by atoms with Gasteiger partial charge in [0.25, 0.3) is 0 Å². The predicted octanol–water partition coefficient (Wildman–Crippen LogP) is 0.139. The van der Waals surface area contributed by atoms with Crippen molar-refractivity contribution in [2.45, 2.75) is 13.3 Å². The van der Waals surface area contributed by atoms with Gasteiger partial charge < -0.3 is 4.74 Å². The highest BCUT2D eigenvalue weighted by molar-refractivity contribution is 6.04. The summed E-state index contributed by atoms with van der Waals surface area (Å²) in [6.45, 7) is 1.78. The van der Waals surface area contributed by atoms with Crippen LogP contribution in [0.4, 0.5) is 0 Å². The Morgan fingerprint density at radius 1 is 1.67 bits per heavy atom. The second-order valence-corrected chi connectivity index (χ2v) is 2.03. The lowest BCUT2D eigenvalue weighted by atomic mass is 10.1. The van der Waals surface area contributed by atoms with Crippen LogP contribution >= 0.6 is 0 Å². The molecule has 9 heavy (non-hydrogen) atoms. The Bertz CT molecular complexity index is 134. The summed E-state index contributed by atoms with van der Waals surface area (Å²) in [5, 5.41) is 0. The fourth-order valence-electron chi connectivity index (χ4n) is 0.869. The molecule has 50 valence electrons. The molecular formula is C6H8O3. The average molecular weight is 128 g/mol. The molecule has 0 unspecified atom stereocenters. The van der Waals surface area contributed by atoms with Gasteiger partial charge in [-0.3, -0.25) is 9.59 Å². The highest BCUT2D eigenvalue weighted by Gasteiger charge is 2.32. The van der Waals surface area contributed by atoms with E-state index in [1.807, 2.05) is 0 Å². The molecule has 0 aromatic heterocycles. The molecule has 1 atom stereocenters. The van der Waals surface area contributed by atoms with Crippen LogP contribution in [0.15, 0.2) is 0 Å². The summed E-state index contributed by atoms with van der Waals surface area (Å²) < 4.78 is 4.48. The van der Waals surface area contributed by atoms with Gasteiger partial charge in [0.2, 0.25) is 0 Å². The molecule has 0 aromatic rings. The molecule has 0 saturated carbocycles. The molecule has 0 aliphatic carbocycles. The van der Waals surface area contributed by atoms with Crippen LogP contribution in [0.1, 0.15) is 13.3 Å². The number of Topliss-reactive ketones (excluding diaryl/α,β-unsaturated/α-hetero) is 1. The van der Waals surface area contributed by atoms with E-state index in [2.05, 4.69) is 4.74 Å². The third-order valence-corrected chi connectivity index (χ3v) is 1.44. The monoisotopic (exact) mass is 128 g/mol. The molecule has 0 N–H and O–H groups in total. The molecule has 1 heterocycles. The summed E-state index contributed by atoms with van der Waals surface area (Å²) >= 11 is 0. The van der Waals surface area contributed by atoms with Crippen LogP contribution in [0.5, 0.6) is 0 Å². The summed E-state index contributed by atoms with van der Waals surface area (Å²) in [7, 11) is 0. The highest BCUT2D eigenvalue weighted by Crippen LogP contribution is 2.13.